The van der Waals surface area contributed by atoms with E-state index >= 15 is 0 Å². The fourth-order valence-electron chi connectivity index (χ4n) is 2.12. The van der Waals surface area contributed by atoms with Crippen LogP contribution in [0.1, 0.15) is 17.7 Å². The summed E-state index contributed by atoms with van der Waals surface area (Å²) >= 11 is 7.25. The van der Waals surface area contributed by atoms with Gasteiger partial charge in [-0.25, -0.2) is 13.4 Å². The number of aromatic nitrogens is 1. The number of halogens is 2. The summed E-state index contributed by atoms with van der Waals surface area (Å²) < 4.78 is 27.5. The fraction of sp³-hybridized carbons (Fsp3) is 0.400. The van der Waals surface area contributed by atoms with Gasteiger partial charge in [-0.05, 0) is 44.0 Å². The monoisotopic (exact) mass is 443 g/mol. The summed E-state index contributed by atoms with van der Waals surface area (Å²) in [5.41, 5.74) is 1.35. The molecule has 0 unspecified atom stereocenters. The Bertz CT molecular complexity index is 785. The van der Waals surface area contributed by atoms with Crippen molar-refractivity contribution >= 4 is 50.5 Å². The topological polar surface area (TPSA) is 123 Å². The number of thiazole rings is 1. The van der Waals surface area contributed by atoms with Gasteiger partial charge in [-0.1, -0.05) is 17.7 Å². The Kier molecular flexibility index (Phi) is 11.3. The van der Waals surface area contributed by atoms with Crippen LogP contribution in [0.15, 0.2) is 28.5 Å². The van der Waals surface area contributed by atoms with E-state index in [2.05, 4.69) is 15.0 Å². The van der Waals surface area contributed by atoms with Crippen LogP contribution < -0.4 is 10.0 Å². The van der Waals surface area contributed by atoms with Crippen LogP contribution in [0.3, 0.4) is 0 Å². The molecule has 5 N–H and O–H groups in total. The number of nitrogens with zero attached hydrogens (tertiary/aromatic N) is 1. The first-order chi connectivity index (χ1) is 11.4. The summed E-state index contributed by atoms with van der Waals surface area (Å²) in [5, 5.41) is 14.4. The normalized spacial score (nSPS) is 10.7. The third kappa shape index (κ3) is 6.99. The van der Waals surface area contributed by atoms with Crippen molar-refractivity contribution in [3.8, 4) is 0 Å². The van der Waals surface area contributed by atoms with E-state index in [0.717, 1.165) is 25.1 Å². The predicted molar refractivity (Wildman–Crippen MR) is 108 cm³/mol. The molecule has 0 aliphatic rings. The van der Waals surface area contributed by atoms with E-state index in [9.17, 15) is 8.42 Å². The Morgan fingerprint density at radius 1 is 1.31 bits per heavy atom. The zero-order valence-corrected chi connectivity index (χ0v) is 17.4. The molecule has 0 radical (unpaired) electrons. The first-order valence-corrected chi connectivity index (χ1v) is 10.2. The van der Waals surface area contributed by atoms with Crippen molar-refractivity contribution in [2.45, 2.75) is 24.7 Å². The minimum absolute atomic E-state index is 0. The SMILES string of the molecule is Cc1c(Cl)cccc1S(=O)(=O)Nc1nc(CCCNCCO)cs1.Cl.O. The minimum Gasteiger partial charge on any atom is -0.412 e. The lowest BCUT2D eigenvalue weighted by Crippen LogP contribution is -2.19. The lowest BCUT2D eigenvalue weighted by atomic mass is 10.2. The first-order valence-electron chi connectivity index (χ1n) is 7.48. The molecule has 11 heteroatoms. The van der Waals surface area contributed by atoms with Gasteiger partial charge in [0.25, 0.3) is 10.0 Å². The van der Waals surface area contributed by atoms with E-state index < -0.39 is 10.0 Å². The number of hydrogen-bond acceptors (Lipinski definition) is 6. The lowest BCUT2D eigenvalue weighted by Gasteiger charge is -2.09. The van der Waals surface area contributed by atoms with E-state index in [1.807, 2.05) is 5.38 Å². The molecule has 1 aromatic heterocycles. The number of rotatable bonds is 9. The molecular weight excluding hydrogens is 421 g/mol. The maximum atomic E-state index is 12.5. The molecule has 0 amide bonds. The summed E-state index contributed by atoms with van der Waals surface area (Å²) in [4.78, 5) is 4.46. The molecule has 0 atom stereocenters. The highest BCUT2D eigenvalue weighted by molar-refractivity contribution is 7.93. The van der Waals surface area contributed by atoms with E-state index in [4.69, 9.17) is 16.7 Å². The second-order valence-corrected chi connectivity index (χ2v) is 8.11. The number of sulfonamides is 1. The Hall–Kier alpha value is -0.940. The first kappa shape index (κ1) is 25.1. The number of aryl methyl sites for hydroxylation is 1. The molecule has 0 aliphatic carbocycles. The molecule has 7 nitrogen and oxygen atoms in total. The third-order valence-corrected chi connectivity index (χ3v) is 6.18. The van der Waals surface area contributed by atoms with Gasteiger partial charge in [-0.15, -0.1) is 23.7 Å². The second-order valence-electron chi connectivity index (χ2n) is 5.19. The van der Waals surface area contributed by atoms with Crippen LogP contribution >= 0.6 is 35.3 Å². The molecule has 0 saturated carbocycles. The average molecular weight is 444 g/mol. The third-order valence-electron chi connectivity index (χ3n) is 3.36. The number of benzene rings is 1. The Balaban J connectivity index is 0.00000312. The molecule has 0 bridgehead atoms. The highest BCUT2D eigenvalue weighted by Gasteiger charge is 2.19. The Labute approximate surface area is 168 Å². The number of aliphatic hydroxyl groups is 1. The van der Waals surface area contributed by atoms with Crippen molar-refractivity contribution in [1.82, 2.24) is 10.3 Å². The zero-order chi connectivity index (χ0) is 17.6. The van der Waals surface area contributed by atoms with Gasteiger partial charge in [0, 0.05) is 16.9 Å². The van der Waals surface area contributed by atoms with E-state index in [-0.39, 0.29) is 29.4 Å². The van der Waals surface area contributed by atoms with Gasteiger partial charge >= 0.3 is 0 Å². The molecule has 0 aliphatic heterocycles. The van der Waals surface area contributed by atoms with E-state index in [1.165, 1.54) is 17.4 Å². The van der Waals surface area contributed by atoms with Crippen LogP contribution in [-0.4, -0.2) is 43.7 Å². The summed E-state index contributed by atoms with van der Waals surface area (Å²) in [5.74, 6) is 0. The van der Waals surface area contributed by atoms with Crippen molar-refractivity contribution in [2.75, 3.05) is 24.4 Å². The standard InChI is InChI=1S/C15H20ClN3O3S2.ClH.H2O/c1-11-13(16)5-2-6-14(11)24(21,22)19-15-18-12(10-23-15)4-3-7-17-8-9-20;;/h2,5-6,10,17,20H,3-4,7-9H2,1H3,(H,18,19);1H;1H2. The number of anilines is 1. The van der Waals surface area contributed by atoms with Gasteiger partial charge in [0.2, 0.25) is 0 Å². The number of hydrogen-bond donors (Lipinski definition) is 3. The quantitative estimate of drug-likeness (QED) is 0.511. The fourth-order valence-corrected chi connectivity index (χ4v) is 4.61. The van der Waals surface area contributed by atoms with Gasteiger partial charge in [-0.2, -0.15) is 0 Å². The van der Waals surface area contributed by atoms with Gasteiger partial charge in [0.1, 0.15) is 0 Å². The predicted octanol–water partition coefficient (Wildman–Crippen LogP) is 2.02. The molecule has 26 heavy (non-hydrogen) atoms. The molecular formula is C15H23Cl2N3O4S2. The van der Waals surface area contributed by atoms with Gasteiger partial charge in [-0.3, -0.25) is 4.72 Å². The van der Waals surface area contributed by atoms with Crippen molar-refractivity contribution < 1.29 is 19.0 Å². The zero-order valence-electron chi connectivity index (χ0n) is 14.2. The van der Waals surface area contributed by atoms with Crippen LogP contribution in [0.2, 0.25) is 5.02 Å². The molecule has 0 saturated heterocycles. The largest absolute Gasteiger partial charge is 0.412 e. The number of nitrogens with one attached hydrogen (secondary N) is 2. The maximum Gasteiger partial charge on any atom is 0.263 e. The summed E-state index contributed by atoms with van der Waals surface area (Å²) in [7, 11) is -3.71. The summed E-state index contributed by atoms with van der Waals surface area (Å²) in [6, 6.07) is 4.78. The highest BCUT2D eigenvalue weighted by atomic mass is 35.5. The second kappa shape index (κ2) is 11.7. The molecule has 0 spiro atoms. The smallest absolute Gasteiger partial charge is 0.263 e. The maximum absolute atomic E-state index is 12.5. The van der Waals surface area contributed by atoms with Crippen molar-refractivity contribution in [1.29, 1.82) is 0 Å². The molecule has 2 aromatic rings. The van der Waals surface area contributed by atoms with Crippen LogP contribution in [0, 0.1) is 6.92 Å². The number of aliphatic hydroxyl groups excluding tert-OH is 1. The summed E-state index contributed by atoms with van der Waals surface area (Å²) in [6.07, 6.45) is 1.61. The van der Waals surface area contributed by atoms with Gasteiger partial charge in [0.15, 0.2) is 5.13 Å². The van der Waals surface area contributed by atoms with Gasteiger partial charge in [0.05, 0.1) is 17.2 Å². The molecule has 1 heterocycles. The molecule has 2 rings (SSSR count). The van der Waals surface area contributed by atoms with Crippen molar-refractivity contribution in [3.63, 3.8) is 0 Å². The van der Waals surface area contributed by atoms with Crippen LogP contribution in [0.5, 0.6) is 0 Å². The van der Waals surface area contributed by atoms with Gasteiger partial charge < -0.3 is 15.9 Å². The Morgan fingerprint density at radius 2 is 2.04 bits per heavy atom. The van der Waals surface area contributed by atoms with Crippen molar-refractivity contribution in [2.24, 2.45) is 0 Å². The van der Waals surface area contributed by atoms with E-state index in [0.29, 0.717) is 22.3 Å². The van der Waals surface area contributed by atoms with Crippen LogP contribution in [-0.2, 0) is 16.4 Å². The van der Waals surface area contributed by atoms with Crippen LogP contribution in [0.25, 0.3) is 0 Å². The Morgan fingerprint density at radius 3 is 2.73 bits per heavy atom. The molecule has 0 fully saturated rings. The molecule has 148 valence electrons. The summed E-state index contributed by atoms with van der Waals surface area (Å²) in [6.45, 7) is 3.14. The highest BCUT2D eigenvalue weighted by Crippen LogP contribution is 2.26. The average Bonchev–Trinajstić information content (AvgIpc) is 2.96. The van der Waals surface area contributed by atoms with Crippen molar-refractivity contribution in [3.05, 3.63) is 39.9 Å². The minimum atomic E-state index is -3.71. The van der Waals surface area contributed by atoms with E-state index in [1.54, 1.807) is 19.1 Å². The van der Waals surface area contributed by atoms with Crippen LogP contribution in [0.4, 0.5) is 5.13 Å². The molecule has 1 aromatic carbocycles. The lowest BCUT2D eigenvalue weighted by molar-refractivity contribution is 0.292.